The van der Waals surface area contributed by atoms with Gasteiger partial charge in [-0.25, -0.2) is 0 Å². The van der Waals surface area contributed by atoms with Crippen LogP contribution >= 0.6 is 0 Å². The largest absolute Gasteiger partial charge is 0.481 e. The molecule has 0 unspecified atom stereocenters. The highest BCUT2D eigenvalue weighted by Crippen LogP contribution is 1.82. The van der Waals surface area contributed by atoms with Crippen molar-refractivity contribution in [3.05, 3.63) is 0 Å². The molecule has 0 heterocycles. The second-order valence-corrected chi connectivity index (χ2v) is 1.70. The second-order valence-electron chi connectivity index (χ2n) is 1.70. The molecule has 0 bridgehead atoms. The summed E-state index contributed by atoms with van der Waals surface area (Å²) in [5.41, 5.74) is 0. The predicted molar refractivity (Wildman–Crippen MR) is 40.2 cm³/mol. The fourth-order valence-electron chi connectivity index (χ4n) is 0.282. The molecule has 11 heavy (non-hydrogen) atoms. The van der Waals surface area contributed by atoms with Crippen LogP contribution in [-0.4, -0.2) is 24.2 Å². The van der Waals surface area contributed by atoms with Crippen molar-refractivity contribution in [1.82, 2.24) is 0 Å². The van der Waals surface area contributed by atoms with Gasteiger partial charge in [-0.1, -0.05) is 6.92 Å². The lowest BCUT2D eigenvalue weighted by Crippen LogP contribution is -1.90. The van der Waals surface area contributed by atoms with E-state index in [1.807, 2.05) is 6.92 Å². The van der Waals surface area contributed by atoms with Crippen molar-refractivity contribution < 1.29 is 19.4 Å². The van der Waals surface area contributed by atoms with E-state index in [-0.39, 0.29) is 0 Å². The molecule has 0 saturated heterocycles. The van der Waals surface area contributed by atoms with Crippen LogP contribution in [0.2, 0.25) is 0 Å². The number of carboxylic acids is 1. The van der Waals surface area contributed by atoms with E-state index in [4.69, 9.17) is 5.11 Å². The number of carbonyl (C=O) groups is 2. The highest BCUT2D eigenvalue weighted by atomic mass is 16.5. The normalized spacial score (nSPS) is 7.45. The number of hydrogen-bond donors (Lipinski definition) is 1. The summed E-state index contributed by atoms with van der Waals surface area (Å²) in [4.78, 5) is 18.8. The molecule has 0 spiro atoms. The maximum absolute atomic E-state index is 9.60. The number of rotatable bonds is 4. The molecule has 0 aliphatic carbocycles. The van der Waals surface area contributed by atoms with Crippen molar-refractivity contribution in [1.29, 1.82) is 0 Å². The molecule has 0 aromatic rings. The molecule has 0 atom stereocenters. The van der Waals surface area contributed by atoms with Crippen molar-refractivity contribution >= 4 is 12.4 Å². The SMILES string of the molecule is CCCC(=O)O.CCOC=O. The molecule has 4 heteroatoms. The van der Waals surface area contributed by atoms with E-state index in [9.17, 15) is 9.59 Å². The molecule has 0 aliphatic rings. The standard InChI is InChI=1S/C4H8O2.C3H6O2/c1-2-3-4(5)6;1-2-5-3-4/h2-3H2,1H3,(H,5,6);3H,2H2,1H3. The van der Waals surface area contributed by atoms with Crippen LogP contribution in [0.1, 0.15) is 26.7 Å². The molecule has 0 saturated carbocycles. The summed E-state index contributed by atoms with van der Waals surface area (Å²) in [6.45, 7) is 4.51. The first-order chi connectivity index (χ1) is 5.18. The zero-order chi connectivity index (χ0) is 9.11. The van der Waals surface area contributed by atoms with Gasteiger partial charge in [0, 0.05) is 6.42 Å². The quantitative estimate of drug-likeness (QED) is 0.627. The number of carboxylic acid groups (broad SMARTS) is 1. The minimum Gasteiger partial charge on any atom is -0.481 e. The minimum atomic E-state index is -0.711. The summed E-state index contributed by atoms with van der Waals surface area (Å²) in [6.07, 6.45) is 1.02. The van der Waals surface area contributed by atoms with Crippen molar-refractivity contribution in [2.75, 3.05) is 6.61 Å². The Kier molecular flexibility index (Phi) is 13.4. The van der Waals surface area contributed by atoms with Gasteiger partial charge >= 0.3 is 5.97 Å². The lowest BCUT2D eigenvalue weighted by Gasteiger charge is -1.79. The molecule has 0 aromatic carbocycles. The summed E-state index contributed by atoms with van der Waals surface area (Å²) >= 11 is 0. The summed E-state index contributed by atoms with van der Waals surface area (Å²) < 4.78 is 4.15. The van der Waals surface area contributed by atoms with E-state index in [1.165, 1.54) is 0 Å². The van der Waals surface area contributed by atoms with E-state index >= 15 is 0 Å². The number of hydrogen-bond acceptors (Lipinski definition) is 3. The molecule has 1 N–H and O–H groups in total. The Balaban J connectivity index is 0. The summed E-state index contributed by atoms with van der Waals surface area (Å²) in [5.74, 6) is -0.711. The summed E-state index contributed by atoms with van der Waals surface area (Å²) in [7, 11) is 0. The Labute approximate surface area is 66.2 Å². The zero-order valence-electron chi connectivity index (χ0n) is 6.87. The Hall–Kier alpha value is -1.06. The van der Waals surface area contributed by atoms with E-state index < -0.39 is 5.97 Å². The van der Waals surface area contributed by atoms with Gasteiger partial charge < -0.3 is 9.84 Å². The topological polar surface area (TPSA) is 63.6 Å². The van der Waals surface area contributed by atoms with Crippen LogP contribution in [0.4, 0.5) is 0 Å². The summed E-state index contributed by atoms with van der Waals surface area (Å²) in [6, 6.07) is 0. The molecule has 0 fully saturated rings. The van der Waals surface area contributed by atoms with Crippen molar-refractivity contribution in [2.45, 2.75) is 26.7 Å². The average molecular weight is 162 g/mol. The number of ether oxygens (including phenoxy) is 1. The molecule has 0 aromatic heterocycles. The molecular weight excluding hydrogens is 148 g/mol. The number of aliphatic carboxylic acids is 1. The third-order valence-electron chi connectivity index (χ3n) is 0.699. The van der Waals surface area contributed by atoms with Crippen LogP contribution in [0, 0.1) is 0 Å². The molecule has 0 aliphatic heterocycles. The molecule has 4 nitrogen and oxygen atoms in total. The first-order valence-electron chi connectivity index (χ1n) is 3.46. The van der Waals surface area contributed by atoms with Gasteiger partial charge in [-0.15, -0.1) is 0 Å². The molecule has 0 rings (SSSR count). The Morgan fingerprint density at radius 2 is 2.09 bits per heavy atom. The molecule has 0 radical (unpaired) electrons. The lowest BCUT2D eigenvalue weighted by molar-refractivity contribution is -0.137. The lowest BCUT2D eigenvalue weighted by atomic mass is 10.4. The van der Waals surface area contributed by atoms with Crippen molar-refractivity contribution in [2.24, 2.45) is 0 Å². The van der Waals surface area contributed by atoms with Crippen LogP contribution in [0.3, 0.4) is 0 Å². The van der Waals surface area contributed by atoms with Crippen LogP contribution in [0.25, 0.3) is 0 Å². The van der Waals surface area contributed by atoms with Crippen LogP contribution < -0.4 is 0 Å². The van der Waals surface area contributed by atoms with Gasteiger partial charge in [-0.05, 0) is 13.3 Å². The van der Waals surface area contributed by atoms with Crippen LogP contribution in [0.15, 0.2) is 0 Å². The Bertz CT molecular complexity index is 101. The first kappa shape index (κ1) is 12.6. The van der Waals surface area contributed by atoms with Gasteiger partial charge in [0.15, 0.2) is 0 Å². The van der Waals surface area contributed by atoms with Gasteiger partial charge in [-0.2, -0.15) is 0 Å². The fraction of sp³-hybridized carbons (Fsp3) is 0.714. The summed E-state index contributed by atoms with van der Waals surface area (Å²) in [5, 5.41) is 7.91. The number of carbonyl (C=O) groups excluding carboxylic acids is 1. The van der Waals surface area contributed by atoms with Gasteiger partial charge in [0.2, 0.25) is 0 Å². The minimum absolute atomic E-state index is 0.292. The van der Waals surface area contributed by atoms with Crippen LogP contribution in [-0.2, 0) is 14.3 Å². The van der Waals surface area contributed by atoms with Crippen molar-refractivity contribution in [3.63, 3.8) is 0 Å². The first-order valence-corrected chi connectivity index (χ1v) is 3.46. The third-order valence-corrected chi connectivity index (χ3v) is 0.699. The molecular formula is C7H14O4. The van der Waals surface area contributed by atoms with Crippen molar-refractivity contribution in [3.8, 4) is 0 Å². The van der Waals surface area contributed by atoms with Gasteiger partial charge in [0.1, 0.15) is 0 Å². The Morgan fingerprint density at radius 3 is 2.09 bits per heavy atom. The molecule has 0 amide bonds. The van der Waals surface area contributed by atoms with Gasteiger partial charge in [0.05, 0.1) is 6.61 Å². The van der Waals surface area contributed by atoms with Gasteiger partial charge in [0.25, 0.3) is 6.47 Å². The van der Waals surface area contributed by atoms with E-state index in [0.717, 1.165) is 6.42 Å². The van der Waals surface area contributed by atoms with E-state index in [0.29, 0.717) is 19.5 Å². The highest BCUT2D eigenvalue weighted by molar-refractivity contribution is 5.66. The average Bonchev–Trinajstić information content (AvgIpc) is 1.90. The van der Waals surface area contributed by atoms with Crippen LogP contribution in [0.5, 0.6) is 0 Å². The fourth-order valence-corrected chi connectivity index (χ4v) is 0.282. The zero-order valence-corrected chi connectivity index (χ0v) is 6.87. The highest BCUT2D eigenvalue weighted by Gasteiger charge is 1.87. The maximum atomic E-state index is 9.60. The third kappa shape index (κ3) is 27.7. The monoisotopic (exact) mass is 162 g/mol. The smallest absolute Gasteiger partial charge is 0.303 e. The van der Waals surface area contributed by atoms with E-state index in [2.05, 4.69) is 4.74 Å². The Morgan fingerprint density at radius 1 is 1.55 bits per heavy atom. The predicted octanol–water partition coefficient (Wildman–Crippen LogP) is 1.05. The molecule has 66 valence electrons. The second kappa shape index (κ2) is 11.7. The van der Waals surface area contributed by atoms with Gasteiger partial charge in [-0.3, -0.25) is 9.59 Å². The maximum Gasteiger partial charge on any atom is 0.303 e. The van der Waals surface area contributed by atoms with E-state index in [1.54, 1.807) is 6.92 Å².